The third-order valence-corrected chi connectivity index (χ3v) is 6.08. The van der Waals surface area contributed by atoms with E-state index in [1.54, 1.807) is 12.5 Å². The number of aromatic nitrogens is 2. The number of nitrogens with zero attached hydrogens (tertiary/aromatic N) is 3. The number of nitrogens with one attached hydrogen (secondary N) is 1. The maximum absolute atomic E-state index is 12.5. The number of carbonyl (C=O) groups is 1. The molecule has 1 saturated heterocycles. The summed E-state index contributed by atoms with van der Waals surface area (Å²) in [6.07, 6.45) is 7.76. The first-order chi connectivity index (χ1) is 12.4. The Bertz CT molecular complexity index is 841. The van der Waals surface area contributed by atoms with Crippen molar-refractivity contribution >= 4 is 15.9 Å². The summed E-state index contributed by atoms with van der Waals surface area (Å²) in [7, 11) is -3.17. The van der Waals surface area contributed by atoms with Gasteiger partial charge < -0.3 is 9.88 Å². The van der Waals surface area contributed by atoms with Crippen molar-refractivity contribution in [2.75, 3.05) is 19.3 Å². The molecule has 140 valence electrons. The first kappa shape index (κ1) is 18.6. The zero-order valence-corrected chi connectivity index (χ0v) is 15.7. The van der Waals surface area contributed by atoms with Gasteiger partial charge in [-0.1, -0.05) is 24.3 Å². The molecule has 7 nitrogen and oxygen atoms in total. The van der Waals surface area contributed by atoms with Gasteiger partial charge in [0.15, 0.2) is 0 Å². The number of sulfonamides is 1. The van der Waals surface area contributed by atoms with E-state index in [9.17, 15) is 13.2 Å². The first-order valence-electron chi connectivity index (χ1n) is 8.69. The zero-order valence-electron chi connectivity index (χ0n) is 14.8. The van der Waals surface area contributed by atoms with Crippen molar-refractivity contribution in [1.29, 1.82) is 0 Å². The van der Waals surface area contributed by atoms with Crippen LogP contribution in [0.2, 0.25) is 0 Å². The Balaban J connectivity index is 1.55. The van der Waals surface area contributed by atoms with Crippen molar-refractivity contribution in [2.45, 2.75) is 25.9 Å². The molecule has 8 heteroatoms. The minimum atomic E-state index is -3.17. The van der Waals surface area contributed by atoms with Crippen LogP contribution < -0.4 is 5.32 Å². The molecule has 0 aliphatic carbocycles. The minimum absolute atomic E-state index is 0.00409. The zero-order chi connectivity index (χ0) is 18.6. The lowest BCUT2D eigenvalue weighted by Crippen LogP contribution is -2.42. The molecular weight excluding hydrogens is 352 g/mol. The number of carbonyl (C=O) groups excluding carboxylic acids is 1. The molecule has 1 fully saturated rings. The van der Waals surface area contributed by atoms with E-state index in [0.717, 1.165) is 11.1 Å². The molecule has 1 aliphatic rings. The summed E-state index contributed by atoms with van der Waals surface area (Å²) in [5.74, 6) is -0.135. The second-order valence-corrected chi connectivity index (χ2v) is 8.64. The van der Waals surface area contributed by atoms with E-state index < -0.39 is 10.0 Å². The van der Waals surface area contributed by atoms with Gasteiger partial charge in [0.1, 0.15) is 0 Å². The van der Waals surface area contributed by atoms with Crippen LogP contribution in [0.25, 0.3) is 0 Å². The van der Waals surface area contributed by atoms with E-state index in [-0.39, 0.29) is 11.8 Å². The van der Waals surface area contributed by atoms with Crippen LogP contribution in [0, 0.1) is 5.92 Å². The average molecular weight is 376 g/mol. The fraction of sp³-hybridized carbons (Fsp3) is 0.444. The SMILES string of the molecule is CS(=O)(=O)N1CCC(C(=O)NCc2ccccc2Cn2ccnc2)CC1. The highest BCUT2D eigenvalue weighted by Gasteiger charge is 2.28. The molecule has 1 N–H and O–H groups in total. The third-order valence-electron chi connectivity index (χ3n) is 4.78. The molecule has 0 radical (unpaired) electrons. The van der Waals surface area contributed by atoms with Gasteiger partial charge in [-0.15, -0.1) is 0 Å². The topological polar surface area (TPSA) is 84.3 Å². The largest absolute Gasteiger partial charge is 0.352 e. The summed E-state index contributed by atoms with van der Waals surface area (Å²) in [6, 6.07) is 8.01. The van der Waals surface area contributed by atoms with Crippen LogP contribution in [0.1, 0.15) is 24.0 Å². The van der Waals surface area contributed by atoms with E-state index in [1.807, 2.05) is 35.0 Å². The van der Waals surface area contributed by atoms with Crippen LogP contribution in [-0.4, -0.2) is 47.5 Å². The summed E-state index contributed by atoms with van der Waals surface area (Å²) in [4.78, 5) is 16.5. The van der Waals surface area contributed by atoms with Crippen molar-refractivity contribution in [3.05, 3.63) is 54.1 Å². The summed E-state index contributed by atoms with van der Waals surface area (Å²) >= 11 is 0. The Morgan fingerprint density at radius 3 is 2.54 bits per heavy atom. The second kappa shape index (κ2) is 8.01. The number of rotatable bonds is 6. The van der Waals surface area contributed by atoms with Crippen molar-refractivity contribution < 1.29 is 13.2 Å². The molecule has 0 bridgehead atoms. The molecule has 1 aromatic carbocycles. The highest BCUT2D eigenvalue weighted by molar-refractivity contribution is 7.88. The van der Waals surface area contributed by atoms with Crippen LogP contribution in [-0.2, 0) is 27.9 Å². The first-order valence-corrected chi connectivity index (χ1v) is 10.5. The highest BCUT2D eigenvalue weighted by Crippen LogP contribution is 2.19. The van der Waals surface area contributed by atoms with Crippen molar-refractivity contribution in [2.24, 2.45) is 5.92 Å². The Morgan fingerprint density at radius 1 is 1.23 bits per heavy atom. The van der Waals surface area contributed by atoms with Gasteiger partial charge in [0.2, 0.25) is 15.9 Å². The monoisotopic (exact) mass is 376 g/mol. The quantitative estimate of drug-likeness (QED) is 0.822. The lowest BCUT2D eigenvalue weighted by molar-refractivity contribution is -0.126. The van der Waals surface area contributed by atoms with Gasteiger partial charge in [-0.3, -0.25) is 4.79 Å². The summed E-state index contributed by atoms with van der Waals surface area (Å²) in [5.41, 5.74) is 2.21. The smallest absolute Gasteiger partial charge is 0.223 e. The van der Waals surface area contributed by atoms with E-state index in [2.05, 4.69) is 10.3 Å². The second-order valence-electron chi connectivity index (χ2n) is 6.66. The average Bonchev–Trinajstić information content (AvgIpc) is 3.13. The van der Waals surface area contributed by atoms with E-state index >= 15 is 0 Å². The van der Waals surface area contributed by atoms with Crippen molar-refractivity contribution in [1.82, 2.24) is 19.2 Å². The van der Waals surface area contributed by atoms with Gasteiger partial charge in [0.05, 0.1) is 12.6 Å². The van der Waals surface area contributed by atoms with Gasteiger partial charge in [-0.25, -0.2) is 17.7 Å². The highest BCUT2D eigenvalue weighted by atomic mass is 32.2. The van der Waals surface area contributed by atoms with Gasteiger partial charge >= 0.3 is 0 Å². The molecule has 3 rings (SSSR count). The summed E-state index contributed by atoms with van der Waals surface area (Å²) < 4.78 is 26.6. The maximum atomic E-state index is 12.5. The number of imidazole rings is 1. The van der Waals surface area contributed by atoms with E-state index in [1.165, 1.54) is 10.6 Å². The molecule has 1 aliphatic heterocycles. The summed E-state index contributed by atoms with van der Waals surface area (Å²) in [6.45, 7) is 2.00. The fourth-order valence-corrected chi connectivity index (χ4v) is 4.11. The lowest BCUT2D eigenvalue weighted by atomic mass is 9.97. The molecule has 2 heterocycles. The Hall–Kier alpha value is -2.19. The van der Waals surface area contributed by atoms with Crippen LogP contribution in [0.3, 0.4) is 0 Å². The van der Waals surface area contributed by atoms with Gasteiger partial charge in [0, 0.05) is 44.5 Å². The normalized spacial score (nSPS) is 16.5. The number of piperidine rings is 1. The minimum Gasteiger partial charge on any atom is -0.352 e. The van der Waals surface area contributed by atoms with Crippen LogP contribution in [0.5, 0.6) is 0 Å². The van der Waals surface area contributed by atoms with Crippen LogP contribution in [0.15, 0.2) is 43.0 Å². The van der Waals surface area contributed by atoms with Gasteiger partial charge in [0.25, 0.3) is 0 Å². The Morgan fingerprint density at radius 2 is 1.92 bits per heavy atom. The molecule has 0 unspecified atom stereocenters. The van der Waals surface area contributed by atoms with E-state index in [4.69, 9.17) is 0 Å². The molecule has 26 heavy (non-hydrogen) atoms. The van der Waals surface area contributed by atoms with Gasteiger partial charge in [-0.2, -0.15) is 0 Å². The molecule has 1 amide bonds. The molecule has 1 aromatic heterocycles. The van der Waals surface area contributed by atoms with Crippen molar-refractivity contribution in [3.8, 4) is 0 Å². The lowest BCUT2D eigenvalue weighted by Gasteiger charge is -2.29. The Labute approximate surface area is 154 Å². The molecule has 0 spiro atoms. The van der Waals surface area contributed by atoms with Crippen molar-refractivity contribution in [3.63, 3.8) is 0 Å². The number of amides is 1. The maximum Gasteiger partial charge on any atom is 0.223 e. The number of hydrogen-bond donors (Lipinski definition) is 1. The standard InChI is InChI=1S/C18H24N4O3S/c1-26(24,25)22-9-6-15(7-10-22)18(23)20-12-16-4-2-3-5-17(16)13-21-11-8-19-14-21/h2-5,8,11,14-15H,6-7,9-10,12-13H2,1H3,(H,20,23). The van der Waals surface area contributed by atoms with Crippen LogP contribution in [0.4, 0.5) is 0 Å². The number of hydrogen-bond acceptors (Lipinski definition) is 4. The van der Waals surface area contributed by atoms with Crippen LogP contribution >= 0.6 is 0 Å². The molecule has 0 saturated carbocycles. The van der Waals surface area contributed by atoms with E-state index in [0.29, 0.717) is 39.0 Å². The molecule has 0 atom stereocenters. The predicted octanol–water partition coefficient (Wildman–Crippen LogP) is 1.22. The predicted molar refractivity (Wildman–Crippen MR) is 98.8 cm³/mol. The summed E-state index contributed by atoms with van der Waals surface area (Å²) in [5, 5.41) is 3.01. The number of benzene rings is 1. The molecule has 2 aromatic rings. The third kappa shape index (κ3) is 4.70. The van der Waals surface area contributed by atoms with Gasteiger partial charge in [-0.05, 0) is 24.0 Å². The fourth-order valence-electron chi connectivity index (χ4n) is 3.24. The molecular formula is C18H24N4O3S. The Kier molecular flexibility index (Phi) is 5.73.